The van der Waals surface area contributed by atoms with Crippen LogP contribution in [0.2, 0.25) is 0 Å². The highest BCUT2D eigenvalue weighted by Crippen LogP contribution is 2.44. The van der Waals surface area contributed by atoms with Crippen LogP contribution in [0.25, 0.3) is 10.1 Å². The fourth-order valence-corrected chi connectivity index (χ4v) is 5.63. The van der Waals surface area contributed by atoms with Crippen molar-refractivity contribution in [1.29, 1.82) is 0 Å². The highest BCUT2D eigenvalue weighted by molar-refractivity contribution is 7.23. The van der Waals surface area contributed by atoms with Crippen LogP contribution in [0.3, 0.4) is 0 Å². The number of thiophene rings is 1. The van der Waals surface area contributed by atoms with E-state index < -0.39 is 11.6 Å². The molecular formula is C24H26F2N4OS. The SMILES string of the molecule is COCCC[C@H]1CN(C2=Nc3cc(F)c(F)cc3Nc3sc4ccccc4c32)CCN1C. The summed E-state index contributed by atoms with van der Waals surface area (Å²) in [6.45, 7) is 3.29. The van der Waals surface area contributed by atoms with Crippen molar-refractivity contribution < 1.29 is 13.5 Å². The van der Waals surface area contributed by atoms with E-state index in [2.05, 4.69) is 34.3 Å². The molecule has 32 heavy (non-hydrogen) atoms. The van der Waals surface area contributed by atoms with Crippen molar-refractivity contribution in [1.82, 2.24) is 9.80 Å². The van der Waals surface area contributed by atoms with Gasteiger partial charge in [0.05, 0.1) is 16.9 Å². The van der Waals surface area contributed by atoms with Crippen LogP contribution in [-0.2, 0) is 4.74 Å². The summed E-state index contributed by atoms with van der Waals surface area (Å²) in [4.78, 5) is 9.61. The molecule has 3 heterocycles. The number of methoxy groups -OCH3 is 1. The van der Waals surface area contributed by atoms with Crippen LogP contribution in [0, 0.1) is 11.6 Å². The molecule has 0 spiro atoms. The first kappa shape index (κ1) is 21.3. The smallest absolute Gasteiger partial charge is 0.161 e. The molecule has 168 valence electrons. The second-order valence-electron chi connectivity index (χ2n) is 8.36. The summed E-state index contributed by atoms with van der Waals surface area (Å²) >= 11 is 1.61. The number of hydrogen-bond acceptors (Lipinski definition) is 6. The van der Waals surface area contributed by atoms with Crippen molar-refractivity contribution in [3.8, 4) is 0 Å². The van der Waals surface area contributed by atoms with Gasteiger partial charge in [-0.15, -0.1) is 11.3 Å². The van der Waals surface area contributed by atoms with Crippen molar-refractivity contribution in [3.63, 3.8) is 0 Å². The molecule has 5 rings (SSSR count). The van der Waals surface area contributed by atoms with Crippen LogP contribution in [0.1, 0.15) is 18.4 Å². The van der Waals surface area contributed by atoms with E-state index >= 15 is 0 Å². The number of piperazine rings is 1. The van der Waals surface area contributed by atoms with Crippen molar-refractivity contribution >= 4 is 43.6 Å². The van der Waals surface area contributed by atoms with Crippen molar-refractivity contribution in [2.24, 2.45) is 4.99 Å². The predicted molar refractivity (Wildman–Crippen MR) is 127 cm³/mol. The first-order chi connectivity index (χ1) is 15.5. The molecule has 1 saturated heterocycles. The minimum atomic E-state index is -0.889. The Kier molecular flexibility index (Phi) is 5.84. The number of nitrogens with zero attached hydrogens (tertiary/aromatic N) is 3. The fraction of sp³-hybridized carbons (Fsp3) is 0.375. The summed E-state index contributed by atoms with van der Waals surface area (Å²) in [5.41, 5.74) is 1.90. The molecule has 0 saturated carbocycles. The van der Waals surface area contributed by atoms with E-state index in [9.17, 15) is 8.78 Å². The van der Waals surface area contributed by atoms with E-state index in [0.29, 0.717) is 17.4 Å². The predicted octanol–water partition coefficient (Wildman–Crippen LogP) is 5.36. The Hall–Kier alpha value is -2.55. The molecule has 0 amide bonds. The number of ether oxygens (including phenoxy) is 1. The summed E-state index contributed by atoms with van der Waals surface area (Å²) in [6, 6.07) is 10.9. The van der Waals surface area contributed by atoms with Crippen molar-refractivity contribution in [2.75, 3.05) is 45.7 Å². The Morgan fingerprint density at radius 2 is 2.00 bits per heavy atom. The zero-order chi connectivity index (χ0) is 22.2. The molecule has 1 aromatic heterocycles. The third kappa shape index (κ3) is 3.87. The van der Waals surface area contributed by atoms with Gasteiger partial charge in [0.1, 0.15) is 10.8 Å². The van der Waals surface area contributed by atoms with Gasteiger partial charge < -0.3 is 15.0 Å². The topological polar surface area (TPSA) is 40.1 Å². The third-order valence-corrected chi connectivity index (χ3v) is 7.38. The average molecular weight is 457 g/mol. The van der Waals surface area contributed by atoms with E-state index in [4.69, 9.17) is 9.73 Å². The lowest BCUT2D eigenvalue weighted by Gasteiger charge is -2.41. The van der Waals surface area contributed by atoms with Crippen molar-refractivity contribution in [3.05, 3.63) is 53.6 Å². The van der Waals surface area contributed by atoms with Gasteiger partial charge in [0, 0.05) is 61.6 Å². The minimum absolute atomic E-state index is 0.371. The number of halogens is 2. The van der Waals surface area contributed by atoms with Gasteiger partial charge in [-0.2, -0.15) is 0 Å². The number of aliphatic imine (C=N–C) groups is 1. The standard InChI is InChI=1S/C24H26F2N4OS/c1-29-9-10-30(14-15(29)6-5-11-31-2)23-22-16-7-3-4-8-21(16)32-24(22)28-20-13-18(26)17(25)12-19(20)27-23/h3-4,7-8,12-13,15,28H,5-6,9-11,14H2,1-2H3/t15-/m0/s1. The van der Waals surface area contributed by atoms with E-state index in [0.717, 1.165) is 65.6 Å². The fourth-order valence-electron chi connectivity index (χ4n) is 4.52. The van der Waals surface area contributed by atoms with E-state index in [1.54, 1.807) is 18.4 Å². The highest BCUT2D eigenvalue weighted by Gasteiger charge is 2.31. The Bertz CT molecular complexity index is 1180. The molecule has 1 atom stereocenters. The summed E-state index contributed by atoms with van der Waals surface area (Å²) in [5, 5.41) is 5.34. The van der Waals surface area contributed by atoms with Crippen LogP contribution >= 0.6 is 11.3 Å². The first-order valence-electron chi connectivity index (χ1n) is 10.9. The molecular weight excluding hydrogens is 430 g/mol. The van der Waals surface area contributed by atoms with Crippen molar-refractivity contribution in [2.45, 2.75) is 18.9 Å². The monoisotopic (exact) mass is 456 g/mol. The maximum Gasteiger partial charge on any atom is 0.161 e. The zero-order valence-corrected chi connectivity index (χ0v) is 19.0. The summed E-state index contributed by atoms with van der Waals surface area (Å²) < 4.78 is 34.5. The second kappa shape index (κ2) is 8.77. The van der Waals surface area contributed by atoms with Crippen LogP contribution in [0.5, 0.6) is 0 Å². The highest BCUT2D eigenvalue weighted by atomic mass is 32.1. The minimum Gasteiger partial charge on any atom is -0.385 e. The number of anilines is 2. The Morgan fingerprint density at radius 1 is 1.19 bits per heavy atom. The van der Waals surface area contributed by atoms with Crippen LogP contribution in [0.4, 0.5) is 25.2 Å². The molecule has 2 aromatic carbocycles. The van der Waals surface area contributed by atoms with Crippen LogP contribution < -0.4 is 5.32 Å². The summed E-state index contributed by atoms with van der Waals surface area (Å²) in [5.74, 6) is -0.950. The van der Waals surface area contributed by atoms with Gasteiger partial charge in [0.25, 0.3) is 0 Å². The van der Waals surface area contributed by atoms with Gasteiger partial charge in [-0.25, -0.2) is 13.8 Å². The number of rotatable bonds is 4. The second-order valence-corrected chi connectivity index (χ2v) is 9.41. The van der Waals surface area contributed by atoms with E-state index in [-0.39, 0.29) is 0 Å². The molecule has 8 heteroatoms. The number of nitrogens with one attached hydrogen (secondary N) is 1. The molecule has 1 N–H and O–H groups in total. The normalized spacial score (nSPS) is 18.7. The quantitative estimate of drug-likeness (QED) is 0.537. The van der Waals surface area contributed by atoms with Crippen LogP contribution in [0.15, 0.2) is 41.4 Å². The maximum atomic E-state index is 14.1. The molecule has 5 nitrogen and oxygen atoms in total. The number of likely N-dealkylation sites (N-methyl/N-ethyl adjacent to an activating group) is 1. The largest absolute Gasteiger partial charge is 0.385 e. The summed E-state index contributed by atoms with van der Waals surface area (Å²) in [7, 11) is 3.89. The average Bonchev–Trinajstić information content (AvgIpc) is 3.07. The summed E-state index contributed by atoms with van der Waals surface area (Å²) in [6.07, 6.45) is 2.02. The lowest BCUT2D eigenvalue weighted by molar-refractivity contribution is 0.119. The van der Waals surface area contributed by atoms with Gasteiger partial charge in [-0.1, -0.05) is 18.2 Å². The Labute approximate surface area is 190 Å². The zero-order valence-electron chi connectivity index (χ0n) is 18.2. The number of fused-ring (bicyclic) bond motifs is 4. The van der Waals surface area contributed by atoms with Gasteiger partial charge >= 0.3 is 0 Å². The van der Waals surface area contributed by atoms with Gasteiger partial charge in [-0.05, 0) is 26.0 Å². The van der Waals surface area contributed by atoms with Gasteiger partial charge in [0.15, 0.2) is 11.6 Å². The molecule has 0 radical (unpaired) electrons. The lowest BCUT2D eigenvalue weighted by atomic mass is 10.0. The third-order valence-electron chi connectivity index (χ3n) is 6.29. The lowest BCUT2D eigenvalue weighted by Crippen LogP contribution is -2.53. The molecule has 2 aliphatic rings. The molecule has 0 unspecified atom stereocenters. The van der Waals surface area contributed by atoms with E-state index in [1.165, 1.54) is 12.1 Å². The number of amidine groups is 1. The molecule has 0 bridgehead atoms. The maximum absolute atomic E-state index is 14.1. The van der Waals surface area contributed by atoms with E-state index in [1.807, 2.05) is 12.1 Å². The molecule has 2 aliphatic heterocycles. The number of benzene rings is 2. The van der Waals surface area contributed by atoms with Crippen LogP contribution in [-0.4, -0.2) is 62.1 Å². The Morgan fingerprint density at radius 3 is 2.84 bits per heavy atom. The first-order valence-corrected chi connectivity index (χ1v) is 11.7. The van der Waals surface area contributed by atoms with Gasteiger partial charge in [-0.3, -0.25) is 4.90 Å². The molecule has 0 aliphatic carbocycles. The van der Waals surface area contributed by atoms with Gasteiger partial charge in [0.2, 0.25) is 0 Å². The molecule has 1 fully saturated rings. The Balaban J connectivity index is 1.60. The molecule has 3 aromatic rings. The number of hydrogen-bond donors (Lipinski definition) is 1.